The van der Waals surface area contributed by atoms with Crippen LogP contribution in [0.25, 0.3) is 0 Å². The quantitative estimate of drug-likeness (QED) is 0.708. The molecule has 19 heavy (non-hydrogen) atoms. The summed E-state index contributed by atoms with van der Waals surface area (Å²) in [7, 11) is 0. The second-order valence-corrected chi connectivity index (χ2v) is 5.00. The Hall–Kier alpha value is -1.32. The Morgan fingerprint density at radius 3 is 2.53 bits per heavy atom. The van der Waals surface area contributed by atoms with Gasteiger partial charge in [0, 0.05) is 6.04 Å². The van der Waals surface area contributed by atoms with E-state index in [0.717, 1.165) is 29.9 Å². The highest BCUT2D eigenvalue weighted by Crippen LogP contribution is 2.20. The first-order valence-corrected chi connectivity index (χ1v) is 6.83. The molecule has 0 bridgehead atoms. The predicted molar refractivity (Wildman–Crippen MR) is 79.5 cm³/mol. The van der Waals surface area contributed by atoms with Gasteiger partial charge in [-0.3, -0.25) is 0 Å². The second kappa shape index (κ2) is 7.97. The van der Waals surface area contributed by atoms with Crippen LogP contribution >= 0.6 is 0 Å². The number of hydrogen-bond donors (Lipinski definition) is 2. The van der Waals surface area contributed by atoms with Crippen molar-refractivity contribution in [1.82, 2.24) is 5.32 Å². The van der Waals surface area contributed by atoms with Crippen molar-refractivity contribution < 1.29 is 9.84 Å². The summed E-state index contributed by atoms with van der Waals surface area (Å²) in [6, 6.07) is 7.62. The van der Waals surface area contributed by atoms with Crippen molar-refractivity contribution in [3.05, 3.63) is 42.0 Å². The minimum Gasteiger partial charge on any atom is -0.489 e. The maximum absolute atomic E-state index is 10.2. The lowest BCUT2D eigenvalue weighted by atomic mass is 10.0. The molecule has 0 amide bonds. The minimum absolute atomic E-state index is 0.0436. The summed E-state index contributed by atoms with van der Waals surface area (Å²) in [6.45, 7) is 11.3. The van der Waals surface area contributed by atoms with E-state index in [9.17, 15) is 5.11 Å². The van der Waals surface area contributed by atoms with Gasteiger partial charge in [-0.2, -0.15) is 0 Å². The monoisotopic (exact) mass is 263 g/mol. The van der Waals surface area contributed by atoms with E-state index in [0.29, 0.717) is 6.61 Å². The normalized spacial score (nSPS) is 13.9. The molecule has 0 heterocycles. The van der Waals surface area contributed by atoms with Crippen molar-refractivity contribution in [3.63, 3.8) is 0 Å². The first-order chi connectivity index (χ1) is 9.04. The summed E-state index contributed by atoms with van der Waals surface area (Å²) >= 11 is 0. The van der Waals surface area contributed by atoms with E-state index in [1.807, 2.05) is 38.1 Å². The van der Waals surface area contributed by atoms with Crippen LogP contribution in [-0.2, 0) is 0 Å². The molecule has 0 saturated heterocycles. The molecule has 1 rings (SSSR count). The van der Waals surface area contributed by atoms with Gasteiger partial charge in [0.2, 0.25) is 0 Å². The smallest absolute Gasteiger partial charge is 0.119 e. The summed E-state index contributed by atoms with van der Waals surface area (Å²) in [5.74, 6) is 0.799. The molecular formula is C16H25NO2. The Morgan fingerprint density at radius 2 is 2.00 bits per heavy atom. The van der Waals surface area contributed by atoms with Gasteiger partial charge < -0.3 is 15.2 Å². The Labute approximate surface area is 116 Å². The van der Waals surface area contributed by atoms with Gasteiger partial charge in [-0.25, -0.2) is 0 Å². The Morgan fingerprint density at radius 1 is 1.37 bits per heavy atom. The van der Waals surface area contributed by atoms with Gasteiger partial charge in [-0.1, -0.05) is 25.6 Å². The van der Waals surface area contributed by atoms with E-state index in [1.165, 1.54) is 0 Å². The van der Waals surface area contributed by atoms with Crippen molar-refractivity contribution in [1.29, 1.82) is 0 Å². The van der Waals surface area contributed by atoms with E-state index in [-0.39, 0.29) is 6.04 Å². The molecule has 106 valence electrons. The van der Waals surface area contributed by atoms with Crippen molar-refractivity contribution in [3.8, 4) is 5.75 Å². The highest BCUT2D eigenvalue weighted by Gasteiger charge is 2.15. The molecular weight excluding hydrogens is 238 g/mol. The van der Waals surface area contributed by atoms with Gasteiger partial charge in [-0.15, -0.1) is 0 Å². The SMILES string of the molecule is C=C(C)COc1ccc(C(O)C(C)NCCC)cc1. The summed E-state index contributed by atoms with van der Waals surface area (Å²) in [5, 5.41) is 13.5. The van der Waals surface area contributed by atoms with Gasteiger partial charge in [0.05, 0.1) is 6.10 Å². The minimum atomic E-state index is -0.498. The first-order valence-electron chi connectivity index (χ1n) is 6.83. The summed E-state index contributed by atoms with van der Waals surface area (Å²) in [6.07, 6.45) is 0.562. The third-order valence-electron chi connectivity index (χ3n) is 2.90. The van der Waals surface area contributed by atoms with Crippen LogP contribution in [0.1, 0.15) is 38.9 Å². The number of aliphatic hydroxyl groups excluding tert-OH is 1. The predicted octanol–water partition coefficient (Wildman–Crippen LogP) is 3.06. The molecule has 0 aromatic heterocycles. The third-order valence-corrected chi connectivity index (χ3v) is 2.90. The molecule has 2 unspecified atom stereocenters. The molecule has 0 fully saturated rings. The lowest BCUT2D eigenvalue weighted by Crippen LogP contribution is -2.32. The fraction of sp³-hybridized carbons (Fsp3) is 0.500. The fourth-order valence-electron chi connectivity index (χ4n) is 1.74. The van der Waals surface area contributed by atoms with Crippen LogP contribution in [0.15, 0.2) is 36.4 Å². The number of hydrogen-bond acceptors (Lipinski definition) is 3. The molecule has 1 aromatic carbocycles. The molecule has 0 aliphatic carbocycles. The highest BCUT2D eigenvalue weighted by molar-refractivity contribution is 5.29. The van der Waals surface area contributed by atoms with E-state index >= 15 is 0 Å². The second-order valence-electron chi connectivity index (χ2n) is 5.00. The van der Waals surface area contributed by atoms with Crippen LogP contribution in [0.2, 0.25) is 0 Å². The number of rotatable bonds is 8. The average molecular weight is 263 g/mol. The Kier molecular flexibility index (Phi) is 6.60. The Balaban J connectivity index is 2.57. The first kappa shape index (κ1) is 15.7. The van der Waals surface area contributed by atoms with E-state index in [1.54, 1.807) is 0 Å². The number of aliphatic hydroxyl groups is 1. The third kappa shape index (κ3) is 5.45. The van der Waals surface area contributed by atoms with Crippen LogP contribution in [0, 0.1) is 0 Å². The van der Waals surface area contributed by atoms with Gasteiger partial charge in [-0.05, 0) is 50.1 Å². The molecule has 0 aliphatic heterocycles. The van der Waals surface area contributed by atoms with E-state index in [4.69, 9.17) is 4.74 Å². The zero-order chi connectivity index (χ0) is 14.3. The fourth-order valence-corrected chi connectivity index (χ4v) is 1.74. The molecule has 0 radical (unpaired) electrons. The molecule has 0 aliphatic rings. The van der Waals surface area contributed by atoms with Gasteiger partial charge in [0.15, 0.2) is 0 Å². The molecule has 2 N–H and O–H groups in total. The number of ether oxygens (including phenoxy) is 1. The van der Waals surface area contributed by atoms with Crippen molar-refractivity contribution in [2.45, 2.75) is 39.3 Å². The van der Waals surface area contributed by atoms with Crippen LogP contribution in [0.4, 0.5) is 0 Å². The summed E-state index contributed by atoms with van der Waals surface area (Å²) < 4.78 is 5.53. The van der Waals surface area contributed by atoms with Crippen molar-refractivity contribution in [2.75, 3.05) is 13.2 Å². The van der Waals surface area contributed by atoms with Gasteiger partial charge in [0.1, 0.15) is 12.4 Å². The molecule has 3 heteroatoms. The van der Waals surface area contributed by atoms with Crippen molar-refractivity contribution in [2.24, 2.45) is 0 Å². The van der Waals surface area contributed by atoms with Gasteiger partial charge >= 0.3 is 0 Å². The lowest BCUT2D eigenvalue weighted by molar-refractivity contribution is 0.136. The lowest BCUT2D eigenvalue weighted by Gasteiger charge is -2.20. The molecule has 1 aromatic rings. The van der Waals surface area contributed by atoms with Crippen LogP contribution in [0.5, 0.6) is 5.75 Å². The molecule has 0 saturated carbocycles. The zero-order valence-electron chi connectivity index (χ0n) is 12.1. The average Bonchev–Trinajstić information content (AvgIpc) is 2.42. The summed E-state index contributed by atoms with van der Waals surface area (Å²) in [5.41, 5.74) is 1.89. The van der Waals surface area contributed by atoms with Crippen LogP contribution in [-0.4, -0.2) is 24.3 Å². The van der Waals surface area contributed by atoms with Crippen molar-refractivity contribution >= 4 is 0 Å². The molecule has 3 nitrogen and oxygen atoms in total. The number of nitrogens with one attached hydrogen (secondary N) is 1. The number of benzene rings is 1. The highest BCUT2D eigenvalue weighted by atomic mass is 16.5. The van der Waals surface area contributed by atoms with E-state index in [2.05, 4.69) is 18.8 Å². The maximum atomic E-state index is 10.2. The molecule has 2 atom stereocenters. The zero-order valence-corrected chi connectivity index (χ0v) is 12.1. The summed E-state index contributed by atoms with van der Waals surface area (Å²) in [4.78, 5) is 0. The largest absolute Gasteiger partial charge is 0.489 e. The Bertz CT molecular complexity index is 386. The van der Waals surface area contributed by atoms with Gasteiger partial charge in [0.25, 0.3) is 0 Å². The van der Waals surface area contributed by atoms with Crippen LogP contribution in [0.3, 0.4) is 0 Å². The van der Waals surface area contributed by atoms with Crippen LogP contribution < -0.4 is 10.1 Å². The standard InChI is InChI=1S/C16H25NO2/c1-5-10-17-13(4)16(18)14-6-8-15(9-7-14)19-11-12(2)3/h6-9,13,16-18H,2,5,10-11H2,1,3-4H3. The molecule has 0 spiro atoms. The van der Waals surface area contributed by atoms with E-state index < -0.39 is 6.10 Å². The maximum Gasteiger partial charge on any atom is 0.119 e. The topological polar surface area (TPSA) is 41.5 Å².